The second-order valence-corrected chi connectivity index (χ2v) is 9.88. The van der Waals surface area contributed by atoms with Gasteiger partial charge in [0, 0.05) is 12.1 Å². The van der Waals surface area contributed by atoms with Crippen molar-refractivity contribution >= 4 is 34.4 Å². The number of hydrogen-bond donors (Lipinski definition) is 5. The normalized spacial score (nSPS) is 17.1. The minimum atomic E-state index is -1.06. The van der Waals surface area contributed by atoms with Crippen molar-refractivity contribution in [2.24, 2.45) is 4.99 Å². The Morgan fingerprint density at radius 3 is 2.32 bits per heavy atom. The number of carbonyl (C=O) groups excluding carboxylic acids is 2. The molecule has 1 aliphatic rings. The molecule has 1 saturated heterocycles. The van der Waals surface area contributed by atoms with Crippen molar-refractivity contribution < 1.29 is 19.1 Å². The minimum absolute atomic E-state index is 0.146. The molecule has 5 N–H and O–H groups in total. The molecule has 4 rings (SSSR count). The summed E-state index contributed by atoms with van der Waals surface area (Å²) in [6.45, 7) is 4.06. The van der Waals surface area contributed by atoms with Crippen molar-refractivity contribution in [1.29, 1.82) is 0 Å². The molecule has 2 unspecified atom stereocenters. The smallest absolute Gasteiger partial charge is 0.328 e. The van der Waals surface area contributed by atoms with Crippen LogP contribution in [0.3, 0.4) is 0 Å². The van der Waals surface area contributed by atoms with E-state index in [0.29, 0.717) is 11.3 Å². The van der Waals surface area contributed by atoms with Crippen molar-refractivity contribution in [1.82, 2.24) is 15.3 Å². The fourth-order valence-electron chi connectivity index (χ4n) is 3.74. The first kappa shape index (κ1) is 25.9. The number of halogens is 1. The Labute approximate surface area is 214 Å². The predicted molar refractivity (Wildman–Crippen MR) is 138 cm³/mol. The van der Waals surface area contributed by atoms with Gasteiger partial charge >= 0.3 is 5.69 Å². The zero-order valence-electron chi connectivity index (χ0n) is 19.9. The molecule has 2 amide bonds. The number of benzene rings is 2. The first-order valence-corrected chi connectivity index (χ1v) is 12.2. The third-order valence-electron chi connectivity index (χ3n) is 5.67. The lowest BCUT2D eigenvalue weighted by Gasteiger charge is -2.15. The highest BCUT2D eigenvalue weighted by molar-refractivity contribution is 8.15. The largest absolute Gasteiger partial charge is 0.494 e. The number of aromatic nitrogens is 2. The van der Waals surface area contributed by atoms with Crippen molar-refractivity contribution in [3.63, 3.8) is 0 Å². The molecule has 0 aliphatic carbocycles. The summed E-state index contributed by atoms with van der Waals surface area (Å²) in [5.41, 5.74) is 0.0809. The van der Waals surface area contributed by atoms with E-state index < -0.39 is 46.1 Å². The van der Waals surface area contributed by atoms with Crippen molar-refractivity contribution in [2.45, 2.75) is 37.5 Å². The molecule has 1 aromatic heterocycles. The summed E-state index contributed by atoms with van der Waals surface area (Å²) in [5.74, 6) is -1.72. The molecule has 2 heterocycles. The highest BCUT2D eigenvalue weighted by atomic mass is 32.2. The van der Waals surface area contributed by atoms with Gasteiger partial charge < -0.3 is 15.7 Å². The number of rotatable bonds is 7. The first-order valence-electron chi connectivity index (χ1n) is 11.4. The Hall–Kier alpha value is -4.19. The maximum absolute atomic E-state index is 13.1. The van der Waals surface area contributed by atoms with Gasteiger partial charge in [0.25, 0.3) is 5.56 Å². The average molecular weight is 526 g/mol. The van der Waals surface area contributed by atoms with Crippen LogP contribution >= 0.6 is 11.8 Å². The third kappa shape index (κ3) is 6.15. The summed E-state index contributed by atoms with van der Waals surface area (Å²) in [6, 6.07) is 11.4. The van der Waals surface area contributed by atoms with E-state index in [1.54, 1.807) is 12.1 Å². The van der Waals surface area contributed by atoms with Gasteiger partial charge in [0.05, 0.1) is 0 Å². The van der Waals surface area contributed by atoms with E-state index in [4.69, 9.17) is 0 Å². The lowest BCUT2D eigenvalue weighted by Crippen LogP contribution is -2.29. The maximum Gasteiger partial charge on any atom is 0.328 e. The monoisotopic (exact) mass is 525 g/mol. The van der Waals surface area contributed by atoms with Gasteiger partial charge in [-0.2, -0.15) is 0 Å². The zero-order chi connectivity index (χ0) is 26.7. The molecule has 192 valence electrons. The fraction of sp³-hybridized carbons (Fsp3) is 0.240. The molecule has 10 nitrogen and oxygen atoms in total. The summed E-state index contributed by atoms with van der Waals surface area (Å²) in [7, 11) is 0. The molecule has 12 heteroatoms. The highest BCUT2D eigenvalue weighted by Crippen LogP contribution is 2.32. The van der Waals surface area contributed by atoms with E-state index in [1.807, 2.05) is 26.0 Å². The minimum Gasteiger partial charge on any atom is -0.494 e. The molecule has 2 aromatic carbocycles. The number of thioether (sulfide) groups is 1. The first-order chi connectivity index (χ1) is 17.6. The standard InChI is InChI=1S/C25H24FN5O5S/c1-12(2)13-3-5-14(6-4-13)20(19-22(34)29-24(36)30-23(19)35)28-25-31-21(33)17(37-25)11-18(32)27-16-9-7-15(26)8-10-16/h3-10,12,17,20H,11H2,1-2H3,(H,27,32)(H,28,31,33)(H3,29,30,34,35,36). The van der Waals surface area contributed by atoms with Crippen LogP contribution in [0.5, 0.6) is 5.88 Å². The molecule has 1 aliphatic heterocycles. The van der Waals surface area contributed by atoms with Crippen LogP contribution in [0.1, 0.15) is 48.9 Å². The number of H-pyrrole nitrogens is 2. The SMILES string of the molecule is CC(C)c1ccc(C(N=C2NC(=O)C(CC(=O)Nc3ccc(F)cc3)S2)c2c(O)[nH]c(=O)[nH]c2=O)cc1. The number of aliphatic imine (C=N–C) groups is 1. The second kappa shape index (κ2) is 10.8. The third-order valence-corrected chi connectivity index (χ3v) is 6.77. The predicted octanol–water partition coefficient (Wildman–Crippen LogP) is 2.74. The molecule has 0 spiro atoms. The van der Waals surface area contributed by atoms with Gasteiger partial charge in [0.1, 0.15) is 22.7 Å². The number of nitrogens with one attached hydrogen (secondary N) is 4. The molecule has 0 bridgehead atoms. The fourth-order valence-corrected chi connectivity index (χ4v) is 4.73. The number of anilines is 1. The molecular weight excluding hydrogens is 501 g/mol. The number of aromatic hydroxyl groups is 1. The van der Waals surface area contributed by atoms with Gasteiger partial charge in [-0.15, -0.1) is 0 Å². The van der Waals surface area contributed by atoms with Crippen LogP contribution < -0.4 is 21.9 Å². The van der Waals surface area contributed by atoms with E-state index in [2.05, 4.69) is 25.6 Å². The molecule has 0 saturated carbocycles. The van der Waals surface area contributed by atoms with Gasteiger partial charge in [-0.25, -0.2) is 14.2 Å². The molecule has 2 atom stereocenters. The Kier molecular flexibility index (Phi) is 7.58. The summed E-state index contributed by atoms with van der Waals surface area (Å²) in [6.07, 6.45) is -0.175. The van der Waals surface area contributed by atoms with Crippen LogP contribution in [-0.2, 0) is 9.59 Å². The molecule has 0 radical (unpaired) electrons. The van der Waals surface area contributed by atoms with Gasteiger partial charge in [-0.05, 0) is 41.3 Å². The molecule has 1 fully saturated rings. The molecular formula is C25H24FN5O5S. The number of carbonyl (C=O) groups is 2. The average Bonchev–Trinajstić information content (AvgIpc) is 3.17. The van der Waals surface area contributed by atoms with Crippen LogP contribution in [0, 0.1) is 5.82 Å². The quantitative estimate of drug-likeness (QED) is 0.319. The van der Waals surface area contributed by atoms with Crippen LogP contribution in [0.4, 0.5) is 10.1 Å². The lowest BCUT2D eigenvalue weighted by atomic mass is 9.96. The lowest BCUT2D eigenvalue weighted by molar-refractivity contribution is -0.122. The summed E-state index contributed by atoms with van der Waals surface area (Å²) in [4.78, 5) is 58.0. The van der Waals surface area contributed by atoms with Gasteiger partial charge in [0.2, 0.25) is 17.7 Å². The van der Waals surface area contributed by atoms with Crippen LogP contribution in [0.15, 0.2) is 63.1 Å². The number of nitrogens with zero attached hydrogens (tertiary/aromatic N) is 1. The Morgan fingerprint density at radius 1 is 1.05 bits per heavy atom. The maximum atomic E-state index is 13.1. The van der Waals surface area contributed by atoms with E-state index in [1.165, 1.54) is 24.3 Å². The van der Waals surface area contributed by atoms with Crippen molar-refractivity contribution in [3.8, 4) is 5.88 Å². The number of amides is 2. The second-order valence-electron chi connectivity index (χ2n) is 8.68. The number of aromatic amines is 2. The van der Waals surface area contributed by atoms with Gasteiger partial charge in [0.15, 0.2) is 5.17 Å². The Balaban J connectivity index is 1.60. The summed E-state index contributed by atoms with van der Waals surface area (Å²) in [5, 5.41) is 14.9. The Bertz CT molecular complexity index is 1460. The molecule has 3 aromatic rings. The van der Waals surface area contributed by atoms with Crippen LogP contribution in [0.2, 0.25) is 0 Å². The van der Waals surface area contributed by atoms with Crippen LogP contribution in [-0.4, -0.2) is 37.3 Å². The zero-order valence-corrected chi connectivity index (χ0v) is 20.7. The van der Waals surface area contributed by atoms with E-state index in [-0.39, 0.29) is 23.1 Å². The van der Waals surface area contributed by atoms with E-state index in [9.17, 15) is 28.7 Å². The van der Waals surface area contributed by atoms with Crippen LogP contribution in [0.25, 0.3) is 0 Å². The van der Waals surface area contributed by atoms with Gasteiger partial charge in [-0.3, -0.25) is 24.4 Å². The van der Waals surface area contributed by atoms with Crippen molar-refractivity contribution in [2.75, 3.05) is 5.32 Å². The van der Waals surface area contributed by atoms with Gasteiger partial charge in [-0.1, -0.05) is 49.9 Å². The Morgan fingerprint density at radius 2 is 1.70 bits per heavy atom. The number of hydrogen-bond acceptors (Lipinski definition) is 7. The van der Waals surface area contributed by atoms with E-state index >= 15 is 0 Å². The molecule has 37 heavy (non-hydrogen) atoms. The highest BCUT2D eigenvalue weighted by Gasteiger charge is 2.34. The van der Waals surface area contributed by atoms with Crippen molar-refractivity contribution in [3.05, 3.63) is 91.9 Å². The summed E-state index contributed by atoms with van der Waals surface area (Å²) < 4.78 is 13.1. The summed E-state index contributed by atoms with van der Waals surface area (Å²) >= 11 is 1.00. The van der Waals surface area contributed by atoms with E-state index in [0.717, 1.165) is 17.3 Å². The number of amidine groups is 1. The topological polar surface area (TPSA) is 157 Å².